The summed E-state index contributed by atoms with van der Waals surface area (Å²) in [6.45, 7) is 2.80. The number of carbonyl (C=O) groups is 4. The number of amides is 2. The largest absolute Gasteiger partial charge is 0.464 e. The highest BCUT2D eigenvalue weighted by Crippen LogP contribution is 2.74. The van der Waals surface area contributed by atoms with Crippen molar-refractivity contribution in [1.82, 2.24) is 15.1 Å². The van der Waals surface area contributed by atoms with Crippen molar-refractivity contribution in [3.8, 4) is 11.8 Å². The molecule has 1 aliphatic heterocycles. The lowest BCUT2D eigenvalue weighted by Gasteiger charge is -2.40. The van der Waals surface area contributed by atoms with E-state index in [-0.39, 0.29) is 55.3 Å². The van der Waals surface area contributed by atoms with E-state index in [2.05, 4.69) is 17.2 Å². The molecule has 2 aliphatic carbocycles. The Hall–Kier alpha value is -1.66. The van der Waals surface area contributed by atoms with Crippen LogP contribution in [-0.2, 0) is 26.9 Å². The molecular formula is C23H31BIN3O7S. The molecule has 0 aromatic rings. The fourth-order valence-corrected chi connectivity index (χ4v) is 5.77. The highest BCUT2D eigenvalue weighted by Gasteiger charge is 2.70. The first-order valence-corrected chi connectivity index (χ1v) is 13.3. The van der Waals surface area contributed by atoms with Gasteiger partial charge in [-0.1, -0.05) is 0 Å². The molecule has 1 saturated heterocycles. The van der Waals surface area contributed by atoms with Crippen LogP contribution in [0.2, 0.25) is 5.31 Å². The maximum absolute atomic E-state index is 12.7. The molecule has 13 heteroatoms. The van der Waals surface area contributed by atoms with Crippen LogP contribution >= 0.6 is 35.6 Å². The van der Waals surface area contributed by atoms with Crippen molar-refractivity contribution in [2.24, 2.45) is 5.92 Å². The standard InChI is InChI=1S/C23H31BIN3O7S/c1-16(29)33-14-17-12-28(11-10-27(17)13-20(31)35-25)19(30)6-9-26-21(32)34-15-18-22(24)7-4-2-3-5-8-23(18,22)36/h17-18,36H,4-15H2,1H3,(H,26,32)/t17?,18-,22?,23?/m1/s1. The van der Waals surface area contributed by atoms with Crippen molar-refractivity contribution < 1.29 is 31.7 Å². The zero-order valence-electron chi connectivity index (χ0n) is 20.3. The van der Waals surface area contributed by atoms with E-state index in [9.17, 15) is 19.2 Å². The smallest absolute Gasteiger partial charge is 0.407 e. The fourth-order valence-electron chi connectivity index (χ4n) is 5.01. The number of halogens is 1. The monoisotopic (exact) mass is 631 g/mol. The summed E-state index contributed by atoms with van der Waals surface area (Å²) in [6.07, 6.45) is 2.40. The Morgan fingerprint density at radius 1 is 1.14 bits per heavy atom. The minimum absolute atomic E-state index is 0.0377. The van der Waals surface area contributed by atoms with Gasteiger partial charge in [0.2, 0.25) is 5.91 Å². The summed E-state index contributed by atoms with van der Waals surface area (Å²) >= 11 is 6.32. The third-order valence-electron chi connectivity index (χ3n) is 7.18. The summed E-state index contributed by atoms with van der Waals surface area (Å²) in [5.41, 5.74) is 0. The van der Waals surface area contributed by atoms with Gasteiger partial charge < -0.3 is 22.8 Å². The number of thiol groups is 1. The second kappa shape index (κ2) is 12.7. The molecule has 1 N–H and O–H groups in total. The molecular weight excluding hydrogens is 600 g/mol. The van der Waals surface area contributed by atoms with Crippen LogP contribution in [0, 0.1) is 17.8 Å². The molecule has 3 rings (SSSR count). The van der Waals surface area contributed by atoms with Crippen molar-refractivity contribution in [2.45, 2.75) is 55.1 Å². The van der Waals surface area contributed by atoms with Gasteiger partial charge in [-0.05, 0) is 18.2 Å². The topological polar surface area (TPSA) is 114 Å². The molecule has 10 nitrogen and oxygen atoms in total. The van der Waals surface area contributed by atoms with E-state index < -0.39 is 23.3 Å². The summed E-state index contributed by atoms with van der Waals surface area (Å²) in [7, 11) is 6.54. The highest BCUT2D eigenvalue weighted by molar-refractivity contribution is 14.1. The van der Waals surface area contributed by atoms with Crippen molar-refractivity contribution in [3.63, 3.8) is 0 Å². The van der Waals surface area contributed by atoms with Crippen molar-refractivity contribution in [2.75, 3.05) is 45.9 Å². The Labute approximate surface area is 232 Å². The van der Waals surface area contributed by atoms with Crippen LogP contribution in [0.5, 0.6) is 0 Å². The lowest BCUT2D eigenvalue weighted by molar-refractivity contribution is -0.145. The predicted octanol–water partition coefficient (Wildman–Crippen LogP) is 1.27. The molecule has 0 aromatic heterocycles. The molecule has 196 valence electrons. The second-order valence-corrected chi connectivity index (χ2v) is 10.6. The molecule has 0 aromatic carbocycles. The van der Waals surface area contributed by atoms with Crippen LogP contribution in [0.25, 0.3) is 0 Å². The van der Waals surface area contributed by atoms with E-state index >= 15 is 0 Å². The lowest BCUT2D eigenvalue weighted by atomic mass is 9.74. The molecule has 1 saturated carbocycles. The normalized spacial score (nSPS) is 29.4. The third kappa shape index (κ3) is 7.01. The van der Waals surface area contributed by atoms with E-state index in [0.29, 0.717) is 26.1 Å². The molecule has 3 aliphatic rings. The first kappa shape index (κ1) is 28.9. The molecule has 2 radical (unpaired) electrons. The summed E-state index contributed by atoms with van der Waals surface area (Å²) in [4.78, 5) is 51.3. The summed E-state index contributed by atoms with van der Waals surface area (Å²) in [5, 5.41) is 2.13. The van der Waals surface area contributed by atoms with Gasteiger partial charge >= 0.3 is 18.0 Å². The minimum Gasteiger partial charge on any atom is -0.464 e. The van der Waals surface area contributed by atoms with Crippen LogP contribution in [0.4, 0.5) is 4.79 Å². The molecule has 2 fully saturated rings. The number of alkyl carbamates (subject to hydrolysis) is 1. The molecule has 0 bridgehead atoms. The molecule has 3 unspecified atom stereocenters. The number of piperazine rings is 1. The summed E-state index contributed by atoms with van der Waals surface area (Å²) < 4.78 is 14.8. The summed E-state index contributed by atoms with van der Waals surface area (Å²) in [6, 6.07) is -0.335. The van der Waals surface area contributed by atoms with E-state index in [1.165, 1.54) is 29.9 Å². The van der Waals surface area contributed by atoms with Crippen LogP contribution < -0.4 is 5.32 Å². The Morgan fingerprint density at radius 2 is 1.86 bits per heavy atom. The van der Waals surface area contributed by atoms with E-state index in [0.717, 1.165) is 19.3 Å². The predicted molar refractivity (Wildman–Crippen MR) is 143 cm³/mol. The number of carbonyl (C=O) groups excluding carboxylic acids is 4. The third-order valence-corrected chi connectivity index (χ3v) is 8.63. The Morgan fingerprint density at radius 3 is 2.56 bits per heavy atom. The molecule has 36 heavy (non-hydrogen) atoms. The first-order valence-electron chi connectivity index (χ1n) is 11.9. The zero-order chi connectivity index (χ0) is 26.3. The Balaban J connectivity index is 1.40. The number of hydrogen-bond acceptors (Lipinski definition) is 9. The molecule has 0 spiro atoms. The van der Waals surface area contributed by atoms with Gasteiger partial charge in [-0.25, -0.2) is 9.59 Å². The molecule has 1 heterocycles. The average molecular weight is 631 g/mol. The van der Waals surface area contributed by atoms with Gasteiger partial charge in [0.25, 0.3) is 0 Å². The van der Waals surface area contributed by atoms with Gasteiger partial charge in [-0.3, -0.25) is 14.5 Å². The average Bonchev–Trinajstić information content (AvgIpc) is 3.28. The number of fused-ring (bicyclic) bond motifs is 1. The fraction of sp³-hybridized carbons (Fsp3) is 0.739. The number of rotatable bonds is 9. The second-order valence-electron chi connectivity index (χ2n) is 9.36. The first-order chi connectivity index (χ1) is 17.1. The van der Waals surface area contributed by atoms with Crippen molar-refractivity contribution in [3.05, 3.63) is 0 Å². The zero-order valence-corrected chi connectivity index (χ0v) is 23.3. The molecule has 2 amide bonds. The van der Waals surface area contributed by atoms with Crippen molar-refractivity contribution >= 4 is 67.4 Å². The SMILES string of the molecule is [B]C12CCC#CCCC1(S)[C@@H]2COC(=O)NCCC(=O)N1CCN(CC(=O)OI)C(COC(C)=O)C1. The highest BCUT2D eigenvalue weighted by atomic mass is 127. The number of hydrogen-bond donors (Lipinski definition) is 2. The minimum atomic E-state index is -0.603. The molecule has 4 atom stereocenters. The van der Waals surface area contributed by atoms with E-state index in [1.54, 1.807) is 4.90 Å². The van der Waals surface area contributed by atoms with E-state index in [4.69, 9.17) is 33.0 Å². The van der Waals surface area contributed by atoms with Crippen LogP contribution in [0.3, 0.4) is 0 Å². The number of esters is 1. The van der Waals surface area contributed by atoms with Gasteiger partial charge in [-0.15, -0.1) is 11.8 Å². The van der Waals surface area contributed by atoms with Gasteiger partial charge in [0.05, 0.1) is 27.0 Å². The number of ether oxygens (including phenoxy) is 2. The van der Waals surface area contributed by atoms with Gasteiger partial charge in [-0.2, -0.15) is 12.6 Å². The summed E-state index contributed by atoms with van der Waals surface area (Å²) in [5.74, 6) is 5.15. The van der Waals surface area contributed by atoms with Crippen LogP contribution in [-0.4, -0.2) is 98.3 Å². The van der Waals surface area contributed by atoms with E-state index in [1.807, 2.05) is 4.90 Å². The number of nitrogens with one attached hydrogen (secondary N) is 1. The Kier molecular flexibility index (Phi) is 10.2. The Bertz CT molecular complexity index is 907. The van der Waals surface area contributed by atoms with Crippen LogP contribution in [0.1, 0.15) is 39.0 Å². The van der Waals surface area contributed by atoms with Gasteiger partial charge in [0.15, 0.2) is 23.0 Å². The maximum Gasteiger partial charge on any atom is 0.407 e. The van der Waals surface area contributed by atoms with Gasteiger partial charge in [0.1, 0.15) is 6.61 Å². The maximum atomic E-state index is 12.7. The lowest BCUT2D eigenvalue weighted by Crippen LogP contribution is -2.57. The number of nitrogens with zero attached hydrogens (tertiary/aromatic N) is 2. The van der Waals surface area contributed by atoms with Crippen LogP contribution in [0.15, 0.2) is 0 Å². The quantitative estimate of drug-likeness (QED) is 0.129. The van der Waals surface area contributed by atoms with Gasteiger partial charge in [0, 0.05) is 63.0 Å². The van der Waals surface area contributed by atoms with Crippen molar-refractivity contribution in [1.29, 1.82) is 0 Å².